The highest BCUT2D eigenvalue weighted by molar-refractivity contribution is 5.73. The SMILES string of the molecule is Fc1cnccc1-c1cc(-c2nc(-c3ccccc3)nc(-c3ccccc3)n2)ccc1F. The minimum Gasteiger partial charge on any atom is -0.262 e. The van der Waals surface area contributed by atoms with Crippen LogP contribution in [0.2, 0.25) is 0 Å². The molecule has 0 aliphatic heterocycles. The van der Waals surface area contributed by atoms with Crippen molar-refractivity contribution in [3.8, 4) is 45.3 Å². The zero-order chi connectivity index (χ0) is 21.9. The molecule has 0 amide bonds. The Hall–Kier alpha value is -4.32. The lowest BCUT2D eigenvalue weighted by molar-refractivity contribution is 0.613. The van der Waals surface area contributed by atoms with E-state index in [1.807, 2.05) is 60.7 Å². The molecule has 0 spiro atoms. The number of hydrogen-bond donors (Lipinski definition) is 0. The fourth-order valence-corrected chi connectivity index (χ4v) is 3.40. The molecule has 4 nitrogen and oxygen atoms in total. The van der Waals surface area contributed by atoms with Crippen LogP contribution in [0.4, 0.5) is 8.78 Å². The van der Waals surface area contributed by atoms with Crippen LogP contribution < -0.4 is 0 Å². The van der Waals surface area contributed by atoms with Crippen molar-refractivity contribution in [2.45, 2.75) is 0 Å². The van der Waals surface area contributed by atoms with E-state index in [1.54, 1.807) is 12.1 Å². The Balaban J connectivity index is 1.70. The largest absolute Gasteiger partial charge is 0.262 e. The first-order valence-corrected chi connectivity index (χ1v) is 9.96. The topological polar surface area (TPSA) is 51.6 Å². The van der Waals surface area contributed by atoms with Crippen molar-refractivity contribution in [2.24, 2.45) is 0 Å². The second-order valence-corrected chi connectivity index (χ2v) is 7.09. The summed E-state index contributed by atoms with van der Waals surface area (Å²) in [7, 11) is 0. The second kappa shape index (κ2) is 8.43. The van der Waals surface area contributed by atoms with Gasteiger partial charge in [-0.2, -0.15) is 0 Å². The van der Waals surface area contributed by atoms with E-state index in [-0.39, 0.29) is 11.1 Å². The van der Waals surface area contributed by atoms with Crippen LogP contribution in [0.3, 0.4) is 0 Å². The van der Waals surface area contributed by atoms with Crippen molar-refractivity contribution >= 4 is 0 Å². The first kappa shape index (κ1) is 19.6. The summed E-state index contributed by atoms with van der Waals surface area (Å²) in [5.41, 5.74) is 2.45. The standard InChI is InChI=1S/C26H16F2N4/c27-22-12-11-19(15-21(22)20-13-14-29-16-23(20)28)26-31-24(17-7-3-1-4-8-17)30-25(32-26)18-9-5-2-6-10-18/h1-16H. The highest BCUT2D eigenvalue weighted by atomic mass is 19.1. The van der Waals surface area contributed by atoms with E-state index in [1.165, 1.54) is 18.3 Å². The lowest BCUT2D eigenvalue weighted by atomic mass is 10.0. The van der Waals surface area contributed by atoms with Crippen LogP contribution in [-0.2, 0) is 0 Å². The maximum Gasteiger partial charge on any atom is 0.164 e. The molecule has 0 aliphatic rings. The fourth-order valence-electron chi connectivity index (χ4n) is 3.40. The number of benzene rings is 3. The lowest BCUT2D eigenvalue weighted by Gasteiger charge is -2.10. The average Bonchev–Trinajstić information content (AvgIpc) is 2.86. The zero-order valence-electron chi connectivity index (χ0n) is 16.8. The van der Waals surface area contributed by atoms with Crippen molar-refractivity contribution in [2.75, 3.05) is 0 Å². The lowest BCUT2D eigenvalue weighted by Crippen LogP contribution is -2.00. The van der Waals surface area contributed by atoms with Crippen LogP contribution in [0.5, 0.6) is 0 Å². The predicted molar refractivity (Wildman–Crippen MR) is 119 cm³/mol. The molecule has 5 aromatic rings. The molecule has 0 saturated heterocycles. The molecule has 154 valence electrons. The summed E-state index contributed by atoms with van der Waals surface area (Å²) >= 11 is 0. The molecule has 0 bridgehead atoms. The van der Waals surface area contributed by atoms with E-state index in [0.29, 0.717) is 23.0 Å². The van der Waals surface area contributed by atoms with E-state index >= 15 is 0 Å². The Bertz CT molecular complexity index is 1330. The summed E-state index contributed by atoms with van der Waals surface area (Å²) in [6.07, 6.45) is 2.49. The maximum atomic E-state index is 14.6. The quantitative estimate of drug-likeness (QED) is 0.345. The molecule has 0 radical (unpaired) electrons. The van der Waals surface area contributed by atoms with Gasteiger partial charge in [0.05, 0.1) is 6.20 Å². The van der Waals surface area contributed by atoms with Gasteiger partial charge in [-0.15, -0.1) is 0 Å². The summed E-state index contributed by atoms with van der Waals surface area (Å²) in [6, 6.07) is 25.0. The second-order valence-electron chi connectivity index (χ2n) is 7.09. The van der Waals surface area contributed by atoms with Crippen molar-refractivity contribution in [3.63, 3.8) is 0 Å². The van der Waals surface area contributed by atoms with Crippen LogP contribution >= 0.6 is 0 Å². The molecule has 0 saturated carbocycles. The Morgan fingerprint density at radius 1 is 0.500 bits per heavy atom. The van der Waals surface area contributed by atoms with E-state index in [9.17, 15) is 8.78 Å². The molecular weight excluding hydrogens is 406 g/mol. The maximum absolute atomic E-state index is 14.6. The molecule has 0 unspecified atom stereocenters. The summed E-state index contributed by atoms with van der Waals surface area (Å²) in [5.74, 6) is 0.216. The van der Waals surface area contributed by atoms with Crippen molar-refractivity contribution < 1.29 is 8.78 Å². The normalized spacial score (nSPS) is 10.8. The molecule has 5 rings (SSSR count). The van der Waals surface area contributed by atoms with Gasteiger partial charge in [-0.1, -0.05) is 60.7 Å². The van der Waals surface area contributed by atoms with Gasteiger partial charge in [0.1, 0.15) is 11.6 Å². The van der Waals surface area contributed by atoms with Gasteiger partial charge in [-0.05, 0) is 24.3 Å². The van der Waals surface area contributed by atoms with Crippen molar-refractivity contribution in [1.29, 1.82) is 0 Å². The van der Waals surface area contributed by atoms with Crippen LogP contribution in [0.25, 0.3) is 45.3 Å². The zero-order valence-corrected chi connectivity index (χ0v) is 16.8. The summed E-state index contributed by atoms with van der Waals surface area (Å²) < 4.78 is 28.9. The van der Waals surface area contributed by atoms with E-state index < -0.39 is 11.6 Å². The van der Waals surface area contributed by atoms with Crippen LogP contribution in [-0.4, -0.2) is 19.9 Å². The van der Waals surface area contributed by atoms with E-state index in [4.69, 9.17) is 0 Å². The summed E-state index contributed by atoms with van der Waals surface area (Å²) in [4.78, 5) is 17.7. The third kappa shape index (κ3) is 3.86. The smallest absolute Gasteiger partial charge is 0.164 e. The number of aromatic nitrogens is 4. The molecule has 0 N–H and O–H groups in total. The first-order valence-electron chi connectivity index (χ1n) is 9.96. The van der Waals surface area contributed by atoms with Crippen LogP contribution in [0, 0.1) is 11.6 Å². The van der Waals surface area contributed by atoms with Gasteiger partial charge >= 0.3 is 0 Å². The molecule has 0 atom stereocenters. The molecule has 2 heterocycles. The minimum absolute atomic E-state index is 0.116. The molecule has 3 aromatic carbocycles. The van der Waals surface area contributed by atoms with Crippen molar-refractivity contribution in [1.82, 2.24) is 19.9 Å². The molecule has 0 aliphatic carbocycles. The number of halogens is 2. The number of rotatable bonds is 4. The Morgan fingerprint density at radius 3 is 1.62 bits per heavy atom. The third-order valence-electron chi connectivity index (χ3n) is 4.99. The highest BCUT2D eigenvalue weighted by Gasteiger charge is 2.16. The molecule has 0 fully saturated rings. The summed E-state index contributed by atoms with van der Waals surface area (Å²) in [5, 5.41) is 0. The van der Waals surface area contributed by atoms with Gasteiger partial charge in [0.2, 0.25) is 0 Å². The highest BCUT2D eigenvalue weighted by Crippen LogP contribution is 2.30. The van der Waals surface area contributed by atoms with Gasteiger partial charge in [-0.3, -0.25) is 4.98 Å². The predicted octanol–water partition coefficient (Wildman–Crippen LogP) is 6.21. The molecular formula is C26H16F2N4. The Kier molecular flexibility index (Phi) is 5.17. The molecule has 6 heteroatoms. The first-order chi connectivity index (χ1) is 15.7. The number of pyridine rings is 1. The fraction of sp³-hybridized carbons (Fsp3) is 0. The van der Waals surface area contributed by atoms with E-state index in [0.717, 1.165) is 17.3 Å². The van der Waals surface area contributed by atoms with Crippen molar-refractivity contribution in [3.05, 3.63) is 109 Å². The molecule has 32 heavy (non-hydrogen) atoms. The average molecular weight is 422 g/mol. The van der Waals surface area contributed by atoms with Crippen LogP contribution in [0.1, 0.15) is 0 Å². The van der Waals surface area contributed by atoms with Gasteiger partial charge in [0.25, 0.3) is 0 Å². The van der Waals surface area contributed by atoms with Gasteiger partial charge in [-0.25, -0.2) is 23.7 Å². The Labute approximate surface area is 183 Å². The Morgan fingerprint density at radius 2 is 1.06 bits per heavy atom. The van der Waals surface area contributed by atoms with Crippen LogP contribution in [0.15, 0.2) is 97.3 Å². The third-order valence-corrected chi connectivity index (χ3v) is 4.99. The minimum atomic E-state index is -0.603. The monoisotopic (exact) mass is 422 g/mol. The molecule has 2 aromatic heterocycles. The van der Waals surface area contributed by atoms with Gasteiger partial charge < -0.3 is 0 Å². The van der Waals surface area contributed by atoms with Gasteiger partial charge in [0, 0.05) is 34.0 Å². The van der Waals surface area contributed by atoms with Gasteiger partial charge in [0.15, 0.2) is 17.5 Å². The number of nitrogens with zero attached hydrogens (tertiary/aromatic N) is 4. The summed E-state index contributed by atoms with van der Waals surface area (Å²) in [6.45, 7) is 0. The van der Waals surface area contributed by atoms with E-state index in [2.05, 4.69) is 19.9 Å². The number of hydrogen-bond acceptors (Lipinski definition) is 4.